The number of aromatic hydroxyl groups is 2. The maximum absolute atomic E-state index is 11.6. The molecule has 0 heterocycles. The highest BCUT2D eigenvalue weighted by molar-refractivity contribution is 5.55. The van der Waals surface area contributed by atoms with Crippen LogP contribution in [0.2, 0.25) is 0 Å². The molecule has 2 saturated carbocycles. The van der Waals surface area contributed by atoms with Gasteiger partial charge in [0.1, 0.15) is 11.5 Å². The Bertz CT molecular complexity index is 872. The van der Waals surface area contributed by atoms with Crippen LogP contribution in [0.4, 0.5) is 0 Å². The van der Waals surface area contributed by atoms with Crippen LogP contribution in [0, 0.1) is 19.8 Å². The van der Waals surface area contributed by atoms with Crippen molar-refractivity contribution in [3.05, 3.63) is 57.6 Å². The predicted molar refractivity (Wildman–Crippen MR) is 139 cm³/mol. The van der Waals surface area contributed by atoms with Crippen molar-refractivity contribution in [2.75, 3.05) is 0 Å². The molecular weight excluding hydrogens is 404 g/mol. The lowest BCUT2D eigenvalue weighted by molar-refractivity contribution is 0.399. The lowest BCUT2D eigenvalue weighted by atomic mass is 9.76. The van der Waals surface area contributed by atoms with Crippen LogP contribution in [0.3, 0.4) is 0 Å². The zero-order valence-electron chi connectivity index (χ0n) is 21.3. The van der Waals surface area contributed by atoms with Gasteiger partial charge in [-0.05, 0) is 74.8 Å². The first-order valence-corrected chi connectivity index (χ1v) is 13.5. The predicted octanol–water partition coefficient (Wildman–Crippen LogP) is 8.99. The van der Waals surface area contributed by atoms with Gasteiger partial charge >= 0.3 is 0 Å². The van der Waals surface area contributed by atoms with Gasteiger partial charge in [-0.3, -0.25) is 0 Å². The van der Waals surface area contributed by atoms with Gasteiger partial charge in [-0.2, -0.15) is 0 Å². The van der Waals surface area contributed by atoms with Crippen LogP contribution in [-0.4, -0.2) is 10.2 Å². The van der Waals surface area contributed by atoms with E-state index in [0.29, 0.717) is 29.3 Å². The summed E-state index contributed by atoms with van der Waals surface area (Å²) in [5, 5.41) is 23.2. The average molecular weight is 449 g/mol. The van der Waals surface area contributed by atoms with Gasteiger partial charge in [0.2, 0.25) is 0 Å². The van der Waals surface area contributed by atoms with E-state index in [2.05, 4.69) is 52.0 Å². The van der Waals surface area contributed by atoms with E-state index in [1.165, 1.54) is 75.3 Å². The number of aryl methyl sites for hydroxylation is 2. The number of phenols is 2. The fraction of sp³-hybridized carbons (Fsp3) is 0.613. The van der Waals surface area contributed by atoms with E-state index < -0.39 is 0 Å². The second-order valence-corrected chi connectivity index (χ2v) is 11.4. The second-order valence-electron chi connectivity index (χ2n) is 11.4. The van der Waals surface area contributed by atoms with Crippen LogP contribution in [0.1, 0.15) is 136 Å². The van der Waals surface area contributed by atoms with Crippen LogP contribution in [0.5, 0.6) is 11.5 Å². The zero-order chi connectivity index (χ0) is 23.5. The molecule has 0 unspecified atom stereocenters. The summed E-state index contributed by atoms with van der Waals surface area (Å²) in [4.78, 5) is 0. The quantitative estimate of drug-likeness (QED) is 0.463. The lowest BCUT2D eigenvalue weighted by Gasteiger charge is -2.29. The molecule has 2 aliphatic carbocycles. The molecule has 2 aromatic rings. The van der Waals surface area contributed by atoms with Crippen molar-refractivity contribution >= 4 is 0 Å². The third-order valence-corrected chi connectivity index (χ3v) is 8.17. The van der Waals surface area contributed by atoms with Gasteiger partial charge < -0.3 is 10.2 Å². The van der Waals surface area contributed by atoms with E-state index in [-0.39, 0.29) is 5.92 Å². The third-order valence-electron chi connectivity index (χ3n) is 8.17. The summed E-state index contributed by atoms with van der Waals surface area (Å²) >= 11 is 0. The summed E-state index contributed by atoms with van der Waals surface area (Å²) in [6.07, 6.45) is 13.3. The highest BCUT2D eigenvalue weighted by Gasteiger charge is 2.29. The van der Waals surface area contributed by atoms with Crippen LogP contribution >= 0.6 is 0 Å². The summed E-state index contributed by atoms with van der Waals surface area (Å²) < 4.78 is 0. The minimum absolute atomic E-state index is 0.00878. The van der Waals surface area contributed by atoms with Gasteiger partial charge in [-0.25, -0.2) is 0 Å². The van der Waals surface area contributed by atoms with E-state index in [9.17, 15) is 10.2 Å². The number of benzene rings is 2. The maximum Gasteiger partial charge on any atom is 0.122 e. The van der Waals surface area contributed by atoms with Gasteiger partial charge in [0.15, 0.2) is 0 Å². The van der Waals surface area contributed by atoms with Gasteiger partial charge in [0, 0.05) is 17.0 Å². The van der Waals surface area contributed by atoms with E-state index in [4.69, 9.17) is 0 Å². The lowest BCUT2D eigenvalue weighted by Crippen LogP contribution is -2.12. The van der Waals surface area contributed by atoms with Crippen molar-refractivity contribution in [1.29, 1.82) is 0 Å². The number of hydrogen-bond donors (Lipinski definition) is 2. The highest BCUT2D eigenvalue weighted by atomic mass is 16.3. The number of hydrogen-bond acceptors (Lipinski definition) is 2. The molecule has 2 aliphatic rings. The van der Waals surface area contributed by atoms with E-state index in [1.54, 1.807) is 0 Å². The Balaban J connectivity index is 1.81. The molecule has 2 heteroatoms. The van der Waals surface area contributed by atoms with Crippen LogP contribution in [-0.2, 0) is 0 Å². The van der Waals surface area contributed by atoms with Gasteiger partial charge in [-0.15, -0.1) is 0 Å². The minimum atomic E-state index is 0.00878. The number of rotatable bonds is 6. The summed E-state index contributed by atoms with van der Waals surface area (Å²) in [6.45, 7) is 8.81. The smallest absolute Gasteiger partial charge is 0.122 e. The van der Waals surface area contributed by atoms with Crippen molar-refractivity contribution in [2.45, 2.75) is 116 Å². The van der Waals surface area contributed by atoms with E-state index >= 15 is 0 Å². The molecule has 2 nitrogen and oxygen atoms in total. The summed E-state index contributed by atoms with van der Waals surface area (Å²) in [7, 11) is 0. The average Bonchev–Trinajstić information content (AvgIpc) is 2.81. The molecular formula is C31H44O2. The SMILES string of the molecule is Cc1cc(C2CCCCC2)c(O)c(C(CC(C)C)c2cc(C)cc(C3CCCCC3)c2O)c1. The van der Waals surface area contributed by atoms with Crippen LogP contribution in [0.15, 0.2) is 24.3 Å². The van der Waals surface area contributed by atoms with Crippen molar-refractivity contribution < 1.29 is 10.2 Å². The monoisotopic (exact) mass is 448 g/mol. The van der Waals surface area contributed by atoms with Crippen LogP contribution < -0.4 is 0 Å². The molecule has 0 aliphatic heterocycles. The molecule has 2 N–H and O–H groups in total. The summed E-state index contributed by atoms with van der Waals surface area (Å²) in [6, 6.07) is 8.78. The van der Waals surface area contributed by atoms with E-state index in [1.807, 2.05) is 0 Å². The molecule has 2 aromatic carbocycles. The number of phenolic OH excluding ortho intramolecular Hbond substituents is 2. The third kappa shape index (κ3) is 5.42. The van der Waals surface area contributed by atoms with Crippen LogP contribution in [0.25, 0.3) is 0 Å². The van der Waals surface area contributed by atoms with Crippen molar-refractivity contribution in [3.8, 4) is 11.5 Å². The maximum atomic E-state index is 11.6. The molecule has 0 radical (unpaired) electrons. The molecule has 0 spiro atoms. The second kappa shape index (κ2) is 10.5. The summed E-state index contributed by atoms with van der Waals surface area (Å²) in [5.74, 6) is 2.36. The Morgan fingerprint density at radius 2 is 1.06 bits per heavy atom. The molecule has 0 amide bonds. The Morgan fingerprint density at radius 3 is 1.42 bits per heavy atom. The van der Waals surface area contributed by atoms with Crippen molar-refractivity contribution in [1.82, 2.24) is 0 Å². The fourth-order valence-corrected chi connectivity index (χ4v) is 6.54. The molecule has 33 heavy (non-hydrogen) atoms. The fourth-order valence-electron chi connectivity index (χ4n) is 6.54. The van der Waals surface area contributed by atoms with Crippen molar-refractivity contribution in [2.24, 2.45) is 5.92 Å². The largest absolute Gasteiger partial charge is 0.507 e. The van der Waals surface area contributed by atoms with Gasteiger partial charge in [-0.1, -0.05) is 87.8 Å². The molecule has 4 rings (SSSR count). The topological polar surface area (TPSA) is 40.5 Å². The van der Waals surface area contributed by atoms with Gasteiger partial charge in [0.05, 0.1) is 0 Å². The van der Waals surface area contributed by atoms with Crippen molar-refractivity contribution in [3.63, 3.8) is 0 Å². The minimum Gasteiger partial charge on any atom is -0.507 e. The molecule has 180 valence electrons. The van der Waals surface area contributed by atoms with Gasteiger partial charge in [0.25, 0.3) is 0 Å². The molecule has 0 bridgehead atoms. The highest BCUT2D eigenvalue weighted by Crippen LogP contribution is 2.48. The molecule has 2 fully saturated rings. The first-order chi connectivity index (χ1) is 15.8. The Morgan fingerprint density at radius 1 is 0.667 bits per heavy atom. The standard InChI is InChI=1S/C31H44O2/c1-20(2)15-27(28-18-21(3)16-25(30(28)32)23-11-7-5-8-12-23)29-19-22(4)17-26(31(29)33)24-13-9-6-10-14-24/h16-20,23-24,27,32-33H,5-15H2,1-4H3. The normalized spacial score (nSPS) is 18.4. The molecule has 0 aromatic heterocycles. The Kier molecular flexibility index (Phi) is 7.72. The van der Waals surface area contributed by atoms with E-state index in [0.717, 1.165) is 28.7 Å². The Labute approximate surface area is 201 Å². The molecule has 0 atom stereocenters. The summed E-state index contributed by atoms with van der Waals surface area (Å²) in [5.41, 5.74) is 6.74. The Hall–Kier alpha value is -1.96. The first kappa shape index (κ1) is 24.2. The first-order valence-electron chi connectivity index (χ1n) is 13.5. The molecule has 0 saturated heterocycles. The zero-order valence-corrected chi connectivity index (χ0v) is 21.3.